The fourth-order valence-corrected chi connectivity index (χ4v) is 8.65. The quantitative estimate of drug-likeness (QED) is 0.0454. The van der Waals surface area contributed by atoms with Crippen molar-refractivity contribution in [2.75, 3.05) is 32.9 Å². The van der Waals surface area contributed by atoms with E-state index in [1.54, 1.807) is 79.7 Å². The number of halogens is 2. The van der Waals surface area contributed by atoms with Crippen LogP contribution in [0, 0.1) is 0 Å². The highest BCUT2D eigenvalue weighted by molar-refractivity contribution is 6.22. The number of amides is 4. The van der Waals surface area contributed by atoms with Crippen molar-refractivity contribution < 1.29 is 56.9 Å². The molecule has 2 fully saturated rings. The maximum Gasteiger partial charge on any atom is 0.367 e. The second-order valence-electron chi connectivity index (χ2n) is 19.2. The summed E-state index contributed by atoms with van der Waals surface area (Å²) in [6, 6.07) is 26.8. The maximum atomic E-state index is 15.1. The van der Waals surface area contributed by atoms with Crippen molar-refractivity contribution in [2.24, 2.45) is 0 Å². The lowest BCUT2D eigenvalue weighted by atomic mass is 10.1. The summed E-state index contributed by atoms with van der Waals surface area (Å²) in [5.74, 6) is -3.12. The molecule has 4 amide bonds. The van der Waals surface area contributed by atoms with E-state index in [2.05, 4.69) is 37.9 Å². The molecule has 76 heavy (non-hydrogen) atoms. The van der Waals surface area contributed by atoms with Crippen LogP contribution in [0.1, 0.15) is 137 Å². The first-order valence-corrected chi connectivity index (χ1v) is 25.0. The number of aromatic nitrogens is 6. The third-order valence-corrected chi connectivity index (χ3v) is 12.9. The van der Waals surface area contributed by atoms with Crippen molar-refractivity contribution in [3.63, 3.8) is 0 Å². The van der Waals surface area contributed by atoms with E-state index in [-0.39, 0.29) is 58.7 Å². The lowest BCUT2D eigenvalue weighted by Crippen LogP contribution is -2.33. The van der Waals surface area contributed by atoms with Gasteiger partial charge in [-0.2, -0.15) is 19.0 Å². The number of ether oxygens (including phenoxy) is 3. The van der Waals surface area contributed by atoms with Gasteiger partial charge in [0.25, 0.3) is 23.6 Å². The molecule has 2 aromatic heterocycles. The summed E-state index contributed by atoms with van der Waals surface area (Å²) in [6.45, 7) is 7.97. The molecule has 0 bridgehead atoms. The van der Waals surface area contributed by atoms with Gasteiger partial charge in [-0.25, -0.2) is 28.9 Å². The topological polar surface area (TPSA) is 218 Å². The van der Waals surface area contributed by atoms with Crippen LogP contribution in [0.15, 0.2) is 120 Å². The van der Waals surface area contributed by atoms with Gasteiger partial charge in [-0.05, 0) is 133 Å². The average molecular weight is 1040 g/mol. The minimum absolute atomic E-state index is 0.0298. The molecule has 10 rings (SSSR count). The van der Waals surface area contributed by atoms with Crippen LogP contribution in [0.5, 0.6) is 11.5 Å². The number of benzene rings is 4. The van der Waals surface area contributed by atoms with Crippen LogP contribution in [0.2, 0.25) is 0 Å². The number of imide groups is 2. The zero-order chi connectivity index (χ0) is 53.9. The third kappa shape index (κ3) is 11.1. The molecule has 0 radical (unpaired) electrons. The number of rotatable bonds is 19. The van der Waals surface area contributed by atoms with Crippen LogP contribution in [0.3, 0.4) is 0 Å². The smallest absolute Gasteiger partial charge is 0.367 e. The summed E-state index contributed by atoms with van der Waals surface area (Å²) in [6.07, 6.45) is 4.47. The van der Waals surface area contributed by atoms with Crippen LogP contribution in [-0.2, 0) is 14.3 Å². The molecule has 20 heteroatoms. The molecule has 2 aliphatic heterocycles. The summed E-state index contributed by atoms with van der Waals surface area (Å²) >= 11 is 0. The van der Waals surface area contributed by atoms with Gasteiger partial charge < -0.3 is 19.3 Å². The lowest BCUT2D eigenvalue weighted by Gasteiger charge is -2.18. The molecule has 0 unspecified atom stereocenters. The number of fused-ring (bicyclic) bond motifs is 2. The van der Waals surface area contributed by atoms with Gasteiger partial charge in [0.15, 0.2) is 11.6 Å². The Bertz CT molecular complexity index is 3210. The number of carbonyl (C=O) groups is 6. The third-order valence-electron chi connectivity index (χ3n) is 12.9. The SMILES string of the molecule is CC(C)n1nc(-c2ccc(OC/C(CN3C(=O)c4ccccc4C3=O)=C(/F)C(=O)O)cc2)nc1C1CC1.CCOC(=O)/C(F)=C(\COc1ccc(-c2nc(C3CC3)n(C(C)C)n2)cc1)CN1C(=O)c2ccccc2C1=O. The maximum absolute atomic E-state index is 15.1. The first-order chi connectivity index (χ1) is 36.5. The Morgan fingerprint density at radius 2 is 0.934 bits per heavy atom. The van der Waals surface area contributed by atoms with E-state index in [9.17, 15) is 38.3 Å². The van der Waals surface area contributed by atoms with E-state index in [0.29, 0.717) is 35.0 Å². The van der Waals surface area contributed by atoms with Crippen LogP contribution in [0.25, 0.3) is 22.8 Å². The lowest BCUT2D eigenvalue weighted by molar-refractivity contribution is -0.140. The van der Waals surface area contributed by atoms with E-state index in [0.717, 1.165) is 58.3 Å². The Kier molecular flexibility index (Phi) is 15.1. The van der Waals surface area contributed by atoms with E-state index in [4.69, 9.17) is 24.2 Å². The number of carboxylic acids is 1. The molecule has 6 aromatic rings. The number of nitrogens with zero attached hydrogens (tertiary/aromatic N) is 8. The Hall–Kier alpha value is -8.68. The predicted octanol–water partition coefficient (Wildman–Crippen LogP) is 9.25. The van der Waals surface area contributed by atoms with Gasteiger partial charge in [-0.1, -0.05) is 24.3 Å². The first kappa shape index (κ1) is 52.2. The standard InChI is InChI=1S/C29H29FN4O5.C27H25FN4O5/c1-4-38-29(37)24(30)20(15-33-27(35)22-7-5-6-8-23(22)28(33)36)16-39-21-13-11-18(12-14-21)25-31-26(19-9-10-19)34(32-25)17(2)3;1-15(2)32-24(17-7-8-17)29-23(30-32)16-9-11-19(12-10-16)37-14-18(22(28)27(35)36)13-31-25(33)20-5-3-4-6-21(20)26(31)34/h5-8,11-14,17,19H,4,9-10,15-16H2,1-3H3;3-6,9-12,15,17H,7-8,13-14H2,1-2H3,(H,35,36)/b24-20+;22-18+. The van der Waals surface area contributed by atoms with E-state index in [1.807, 2.05) is 9.36 Å². The molecule has 4 aliphatic rings. The minimum atomic E-state index is -1.80. The molecule has 4 heterocycles. The van der Waals surface area contributed by atoms with Gasteiger partial charge in [0.05, 0.1) is 42.0 Å². The van der Waals surface area contributed by atoms with Gasteiger partial charge in [0.1, 0.15) is 36.4 Å². The highest BCUT2D eigenvalue weighted by Crippen LogP contribution is 2.42. The van der Waals surface area contributed by atoms with Gasteiger partial charge >= 0.3 is 11.9 Å². The van der Waals surface area contributed by atoms with Crippen molar-refractivity contribution >= 4 is 35.6 Å². The highest BCUT2D eigenvalue weighted by atomic mass is 19.1. The molecule has 18 nitrogen and oxygen atoms in total. The molecule has 2 saturated carbocycles. The van der Waals surface area contributed by atoms with Gasteiger partial charge in [0.2, 0.25) is 11.7 Å². The Labute approximate surface area is 435 Å². The van der Waals surface area contributed by atoms with Crippen molar-refractivity contribution in [1.29, 1.82) is 0 Å². The van der Waals surface area contributed by atoms with Crippen LogP contribution in [-0.4, -0.2) is 113 Å². The van der Waals surface area contributed by atoms with Gasteiger partial charge in [-0.3, -0.25) is 29.0 Å². The van der Waals surface area contributed by atoms with Crippen molar-refractivity contribution in [1.82, 2.24) is 39.3 Å². The molecule has 4 aromatic carbocycles. The summed E-state index contributed by atoms with van der Waals surface area (Å²) in [7, 11) is 0. The molecule has 0 spiro atoms. The van der Waals surface area contributed by atoms with E-state index in [1.165, 1.54) is 24.3 Å². The molecule has 392 valence electrons. The zero-order valence-corrected chi connectivity index (χ0v) is 42.4. The van der Waals surface area contributed by atoms with Gasteiger partial charge in [-0.15, -0.1) is 0 Å². The molecule has 0 atom stereocenters. The predicted molar refractivity (Wildman–Crippen MR) is 271 cm³/mol. The zero-order valence-electron chi connectivity index (χ0n) is 42.4. The average Bonchev–Trinajstić information content (AvgIpc) is 4.34. The van der Waals surface area contributed by atoms with Crippen molar-refractivity contribution in [3.8, 4) is 34.3 Å². The fourth-order valence-electron chi connectivity index (χ4n) is 8.65. The number of carboxylic acid groups (broad SMARTS) is 1. The van der Waals surface area contributed by atoms with Crippen LogP contribution in [0.4, 0.5) is 8.78 Å². The summed E-state index contributed by atoms with van der Waals surface area (Å²) in [5, 5.41) is 18.5. The monoisotopic (exact) mass is 1040 g/mol. The van der Waals surface area contributed by atoms with Gasteiger partial charge in [0, 0.05) is 46.2 Å². The van der Waals surface area contributed by atoms with Crippen molar-refractivity contribution in [3.05, 3.63) is 154 Å². The van der Waals surface area contributed by atoms with Crippen LogP contribution < -0.4 is 9.47 Å². The molecule has 0 saturated heterocycles. The molecule has 1 N–H and O–H groups in total. The Morgan fingerprint density at radius 1 is 0.579 bits per heavy atom. The minimum Gasteiger partial charge on any atom is -0.489 e. The summed E-state index contributed by atoms with van der Waals surface area (Å²) in [5.41, 5.74) is 1.92. The number of hydrogen-bond donors (Lipinski definition) is 1. The second-order valence-corrected chi connectivity index (χ2v) is 19.2. The molecular weight excluding hydrogens is 983 g/mol. The molecular formula is C56H54F2N8O10. The van der Waals surface area contributed by atoms with Crippen LogP contribution >= 0.6 is 0 Å². The number of carbonyl (C=O) groups excluding carboxylic acids is 5. The largest absolute Gasteiger partial charge is 0.489 e. The normalized spacial score (nSPS) is 15.6. The number of esters is 1. The number of hydrogen-bond acceptors (Lipinski definition) is 13. The molecule has 2 aliphatic carbocycles. The Balaban J connectivity index is 0.000000186. The second kappa shape index (κ2) is 22.0. The number of aliphatic carboxylic acids is 1. The first-order valence-electron chi connectivity index (χ1n) is 25.0. The van der Waals surface area contributed by atoms with E-state index >= 15 is 4.39 Å². The summed E-state index contributed by atoms with van der Waals surface area (Å²) < 4.78 is 49.8. The van der Waals surface area contributed by atoms with Crippen molar-refractivity contribution in [2.45, 2.75) is 84.2 Å². The fraction of sp³-hybridized carbons (Fsp3) is 0.321. The summed E-state index contributed by atoms with van der Waals surface area (Å²) in [4.78, 5) is 85.6. The van der Waals surface area contributed by atoms with E-state index < -0.39 is 66.9 Å². The highest BCUT2D eigenvalue weighted by Gasteiger charge is 2.38. The Morgan fingerprint density at radius 3 is 1.25 bits per heavy atom.